The van der Waals surface area contributed by atoms with E-state index in [2.05, 4.69) is 29.4 Å². The van der Waals surface area contributed by atoms with Gasteiger partial charge in [0.05, 0.1) is 17.5 Å². The number of nitrogens with one attached hydrogen (secondary N) is 1. The van der Waals surface area contributed by atoms with Gasteiger partial charge in [0.15, 0.2) is 4.96 Å². The molecular weight excluding hydrogens is 358 g/mol. The van der Waals surface area contributed by atoms with Crippen molar-refractivity contribution in [2.24, 2.45) is 0 Å². The molecule has 6 heteroatoms. The van der Waals surface area contributed by atoms with Crippen LogP contribution in [0.15, 0.2) is 42.6 Å². The molecule has 0 aliphatic carbocycles. The van der Waals surface area contributed by atoms with Crippen molar-refractivity contribution in [1.82, 2.24) is 14.7 Å². The van der Waals surface area contributed by atoms with Crippen LogP contribution in [0.25, 0.3) is 11.0 Å². The van der Waals surface area contributed by atoms with Crippen molar-refractivity contribution in [2.45, 2.75) is 33.3 Å². The van der Waals surface area contributed by atoms with Crippen LogP contribution in [0.3, 0.4) is 0 Å². The summed E-state index contributed by atoms with van der Waals surface area (Å²) in [4.78, 5) is 18.7. The highest BCUT2D eigenvalue weighted by atomic mass is 32.1. The fraction of sp³-hybridized carbons (Fsp3) is 0.333. The van der Waals surface area contributed by atoms with E-state index in [1.165, 1.54) is 4.88 Å². The minimum atomic E-state index is -0.104. The number of carbonyl (C=O) groups excluding carboxylic acids is 1. The lowest BCUT2D eigenvalue weighted by molar-refractivity contribution is -0.116. The normalized spacial score (nSPS) is 12.7. The zero-order chi connectivity index (χ0) is 19.2. The number of thiazole rings is 1. The lowest BCUT2D eigenvalue weighted by Crippen LogP contribution is -2.23. The quantitative estimate of drug-likeness (QED) is 0.466. The van der Waals surface area contributed by atoms with Crippen LogP contribution in [0.4, 0.5) is 0 Å². The van der Waals surface area contributed by atoms with Crippen LogP contribution in [-0.4, -0.2) is 28.4 Å². The summed E-state index contributed by atoms with van der Waals surface area (Å²) in [6.07, 6.45) is 6.27. The monoisotopic (exact) mass is 383 g/mol. The van der Waals surface area contributed by atoms with Crippen LogP contribution in [0, 0.1) is 13.8 Å². The highest BCUT2D eigenvalue weighted by molar-refractivity contribution is 7.17. The Kier molecular flexibility index (Phi) is 6.42. The van der Waals surface area contributed by atoms with Crippen molar-refractivity contribution in [3.05, 3.63) is 64.4 Å². The first-order valence-electron chi connectivity index (χ1n) is 9.12. The molecule has 0 aliphatic rings. The number of hydrogen-bond donors (Lipinski definition) is 1. The fourth-order valence-electron chi connectivity index (χ4n) is 2.86. The van der Waals surface area contributed by atoms with Gasteiger partial charge in [0.25, 0.3) is 0 Å². The molecule has 1 aromatic carbocycles. The molecule has 27 heavy (non-hydrogen) atoms. The Labute approximate surface area is 163 Å². The molecule has 0 aliphatic heterocycles. The lowest BCUT2D eigenvalue weighted by Gasteiger charge is -2.13. The highest BCUT2D eigenvalue weighted by Crippen LogP contribution is 2.21. The van der Waals surface area contributed by atoms with Crippen molar-refractivity contribution >= 4 is 28.3 Å². The van der Waals surface area contributed by atoms with E-state index in [1.807, 2.05) is 48.7 Å². The summed E-state index contributed by atoms with van der Waals surface area (Å²) in [6, 6.07) is 10.1. The Balaban J connectivity index is 1.42. The van der Waals surface area contributed by atoms with E-state index in [0.717, 1.165) is 28.3 Å². The molecule has 142 valence electrons. The number of fused-ring (bicyclic) bond motifs is 1. The Morgan fingerprint density at radius 3 is 2.89 bits per heavy atom. The first kappa shape index (κ1) is 19.3. The van der Waals surface area contributed by atoms with Gasteiger partial charge in [-0.15, -0.1) is 11.3 Å². The largest absolute Gasteiger partial charge is 0.374 e. The average molecular weight is 384 g/mol. The fourth-order valence-corrected chi connectivity index (χ4v) is 3.74. The van der Waals surface area contributed by atoms with Gasteiger partial charge in [-0.3, -0.25) is 9.20 Å². The van der Waals surface area contributed by atoms with Gasteiger partial charge in [0.1, 0.15) is 0 Å². The molecule has 0 saturated carbocycles. The van der Waals surface area contributed by atoms with Crippen LogP contribution in [-0.2, 0) is 9.53 Å². The van der Waals surface area contributed by atoms with Gasteiger partial charge in [0, 0.05) is 30.3 Å². The molecule has 0 saturated heterocycles. The molecule has 1 atom stereocenters. The molecule has 1 N–H and O–H groups in total. The molecular formula is C21H25N3O2S. The van der Waals surface area contributed by atoms with Crippen molar-refractivity contribution in [3.63, 3.8) is 0 Å². The maximum Gasteiger partial charge on any atom is 0.244 e. The zero-order valence-electron chi connectivity index (χ0n) is 15.9. The van der Waals surface area contributed by atoms with E-state index in [1.54, 1.807) is 17.4 Å². The number of rotatable bonds is 8. The van der Waals surface area contributed by atoms with E-state index >= 15 is 0 Å². The second-order valence-corrected chi connectivity index (χ2v) is 7.69. The van der Waals surface area contributed by atoms with Crippen LogP contribution in [0.5, 0.6) is 0 Å². The van der Waals surface area contributed by atoms with Crippen molar-refractivity contribution in [2.75, 3.05) is 13.2 Å². The smallest absolute Gasteiger partial charge is 0.244 e. The van der Waals surface area contributed by atoms with Gasteiger partial charge in [-0.1, -0.05) is 30.3 Å². The maximum atomic E-state index is 12.0. The molecule has 1 unspecified atom stereocenters. The Bertz CT molecular complexity index is 928. The molecule has 2 heterocycles. The number of ether oxygens (including phenoxy) is 1. The van der Waals surface area contributed by atoms with E-state index in [0.29, 0.717) is 13.2 Å². The third-order valence-electron chi connectivity index (χ3n) is 4.31. The van der Waals surface area contributed by atoms with Crippen LogP contribution < -0.4 is 5.32 Å². The van der Waals surface area contributed by atoms with Crippen molar-refractivity contribution in [1.29, 1.82) is 0 Å². The Hall–Kier alpha value is -2.44. The molecule has 0 fully saturated rings. The number of aromatic nitrogens is 2. The first-order valence-corrected chi connectivity index (χ1v) is 9.94. The number of nitrogens with zero attached hydrogens (tertiary/aromatic N) is 2. The standard InChI is InChI=1S/C21H25N3O2S/c1-15-14-24-19(16(2)23-21(24)27-15)10-11-20(25)22-12-7-13-26-17(3)18-8-5-4-6-9-18/h4-6,8-11,14,17H,7,12-13H2,1-3H3,(H,22,25)/b11-10+. The second-order valence-electron chi connectivity index (χ2n) is 6.48. The average Bonchev–Trinajstić information content (AvgIpc) is 3.15. The Morgan fingerprint density at radius 2 is 2.11 bits per heavy atom. The van der Waals surface area contributed by atoms with E-state index < -0.39 is 0 Å². The summed E-state index contributed by atoms with van der Waals surface area (Å²) in [5.41, 5.74) is 3.04. The summed E-state index contributed by atoms with van der Waals surface area (Å²) < 4.78 is 7.84. The highest BCUT2D eigenvalue weighted by Gasteiger charge is 2.09. The minimum absolute atomic E-state index is 0.0584. The van der Waals surface area contributed by atoms with Gasteiger partial charge in [0.2, 0.25) is 5.91 Å². The molecule has 3 aromatic rings. The van der Waals surface area contributed by atoms with E-state index in [-0.39, 0.29) is 12.0 Å². The van der Waals surface area contributed by atoms with Gasteiger partial charge < -0.3 is 10.1 Å². The zero-order valence-corrected chi connectivity index (χ0v) is 16.8. The van der Waals surface area contributed by atoms with Gasteiger partial charge in [-0.05, 0) is 38.8 Å². The molecule has 2 aromatic heterocycles. The Morgan fingerprint density at radius 1 is 1.33 bits per heavy atom. The lowest BCUT2D eigenvalue weighted by atomic mass is 10.1. The third-order valence-corrected chi connectivity index (χ3v) is 5.21. The number of amides is 1. The van der Waals surface area contributed by atoms with Crippen LogP contribution >= 0.6 is 11.3 Å². The second kappa shape index (κ2) is 8.97. The summed E-state index contributed by atoms with van der Waals surface area (Å²) in [6.45, 7) is 7.24. The van der Waals surface area contributed by atoms with Gasteiger partial charge >= 0.3 is 0 Å². The third kappa shape index (κ3) is 5.05. The van der Waals surface area contributed by atoms with Gasteiger partial charge in [-0.2, -0.15) is 0 Å². The molecule has 1 amide bonds. The number of aryl methyl sites for hydroxylation is 2. The number of hydrogen-bond acceptors (Lipinski definition) is 4. The molecule has 3 rings (SSSR count). The summed E-state index contributed by atoms with van der Waals surface area (Å²) >= 11 is 1.64. The molecule has 0 bridgehead atoms. The van der Waals surface area contributed by atoms with Crippen molar-refractivity contribution in [3.8, 4) is 0 Å². The number of benzene rings is 1. The van der Waals surface area contributed by atoms with Crippen LogP contribution in [0.2, 0.25) is 0 Å². The summed E-state index contributed by atoms with van der Waals surface area (Å²) in [7, 11) is 0. The first-order chi connectivity index (χ1) is 13.0. The number of carbonyl (C=O) groups is 1. The summed E-state index contributed by atoms with van der Waals surface area (Å²) in [5.74, 6) is -0.104. The number of imidazole rings is 1. The maximum absolute atomic E-state index is 12.0. The van der Waals surface area contributed by atoms with E-state index in [4.69, 9.17) is 4.74 Å². The molecule has 0 radical (unpaired) electrons. The molecule has 0 spiro atoms. The van der Waals surface area contributed by atoms with E-state index in [9.17, 15) is 4.79 Å². The molecule has 5 nitrogen and oxygen atoms in total. The SMILES string of the molecule is Cc1cn2c(/C=C/C(=O)NCCCOC(C)c3ccccc3)c(C)nc2s1. The topological polar surface area (TPSA) is 55.6 Å². The summed E-state index contributed by atoms with van der Waals surface area (Å²) in [5, 5.41) is 2.90. The predicted molar refractivity (Wildman–Crippen MR) is 110 cm³/mol. The minimum Gasteiger partial charge on any atom is -0.374 e. The van der Waals surface area contributed by atoms with Gasteiger partial charge in [-0.25, -0.2) is 4.98 Å². The van der Waals surface area contributed by atoms with Crippen molar-refractivity contribution < 1.29 is 9.53 Å². The predicted octanol–water partition coefficient (Wildman–Crippen LogP) is 4.31. The van der Waals surface area contributed by atoms with Crippen LogP contribution in [0.1, 0.15) is 41.3 Å².